The van der Waals surface area contributed by atoms with Crippen LogP contribution < -0.4 is 15.4 Å². The van der Waals surface area contributed by atoms with Gasteiger partial charge in [-0.15, -0.1) is 0 Å². The zero-order valence-corrected chi connectivity index (χ0v) is 16.3. The second kappa shape index (κ2) is 8.54. The number of nitrogens with zero attached hydrogens (tertiary/aromatic N) is 2. The van der Waals surface area contributed by atoms with E-state index in [0.29, 0.717) is 12.5 Å². The first-order valence-electron chi connectivity index (χ1n) is 9.17. The van der Waals surface area contributed by atoms with E-state index in [1.165, 1.54) is 11.1 Å². The van der Waals surface area contributed by atoms with Gasteiger partial charge < -0.3 is 15.4 Å². The maximum absolute atomic E-state index is 5.68. The Morgan fingerprint density at radius 3 is 2.44 bits per heavy atom. The lowest BCUT2D eigenvalue weighted by molar-refractivity contribution is 0.242. The summed E-state index contributed by atoms with van der Waals surface area (Å²) in [5.74, 6) is 2.22. The molecule has 0 amide bonds. The standard InChI is InChI=1S/C22H26N4O/c1-15(2)27-20-10-8-19(9-11-20)25-21-13-17(4)24-22(26-21)23-14-18-7-5-6-16(3)12-18/h5-13,15H,14H2,1-4H3,(H2,23,24,25,26). The van der Waals surface area contributed by atoms with Gasteiger partial charge in [0.1, 0.15) is 11.6 Å². The van der Waals surface area contributed by atoms with Gasteiger partial charge in [-0.05, 0) is 57.5 Å². The van der Waals surface area contributed by atoms with Crippen LogP contribution in [0.15, 0.2) is 54.6 Å². The molecule has 0 radical (unpaired) electrons. The van der Waals surface area contributed by atoms with Gasteiger partial charge in [0.15, 0.2) is 0 Å². The Balaban J connectivity index is 1.67. The number of anilines is 3. The summed E-state index contributed by atoms with van der Waals surface area (Å²) in [6.45, 7) is 8.77. The fraction of sp³-hybridized carbons (Fsp3) is 0.273. The monoisotopic (exact) mass is 362 g/mol. The van der Waals surface area contributed by atoms with Crippen LogP contribution in [0.4, 0.5) is 17.5 Å². The first-order chi connectivity index (χ1) is 13.0. The quantitative estimate of drug-likeness (QED) is 0.602. The Kier molecular flexibility index (Phi) is 5.91. The molecule has 0 saturated heterocycles. The van der Waals surface area contributed by atoms with Crippen molar-refractivity contribution in [1.29, 1.82) is 0 Å². The lowest BCUT2D eigenvalue weighted by atomic mass is 10.1. The van der Waals surface area contributed by atoms with Crippen LogP contribution in [-0.2, 0) is 6.54 Å². The predicted octanol–water partition coefficient (Wildman–Crippen LogP) is 5.24. The van der Waals surface area contributed by atoms with Crippen molar-refractivity contribution in [1.82, 2.24) is 9.97 Å². The number of aryl methyl sites for hydroxylation is 2. The molecular weight excluding hydrogens is 336 g/mol. The van der Waals surface area contributed by atoms with Crippen molar-refractivity contribution in [3.8, 4) is 5.75 Å². The van der Waals surface area contributed by atoms with Crippen LogP contribution in [-0.4, -0.2) is 16.1 Å². The lowest BCUT2D eigenvalue weighted by Crippen LogP contribution is -2.07. The van der Waals surface area contributed by atoms with E-state index in [1.54, 1.807) is 0 Å². The van der Waals surface area contributed by atoms with E-state index in [1.807, 2.05) is 51.1 Å². The molecule has 0 spiro atoms. The summed E-state index contributed by atoms with van der Waals surface area (Å²) in [5.41, 5.74) is 4.30. The summed E-state index contributed by atoms with van der Waals surface area (Å²) in [7, 11) is 0. The fourth-order valence-electron chi connectivity index (χ4n) is 2.75. The molecule has 2 N–H and O–H groups in total. The highest BCUT2D eigenvalue weighted by Crippen LogP contribution is 2.21. The maximum Gasteiger partial charge on any atom is 0.225 e. The van der Waals surface area contributed by atoms with Crippen LogP contribution in [0.3, 0.4) is 0 Å². The third kappa shape index (κ3) is 5.71. The summed E-state index contributed by atoms with van der Waals surface area (Å²) in [6, 6.07) is 18.2. The number of hydrogen-bond donors (Lipinski definition) is 2. The SMILES string of the molecule is Cc1cccc(CNc2nc(C)cc(Nc3ccc(OC(C)C)cc3)n2)c1. The highest BCUT2D eigenvalue weighted by molar-refractivity contribution is 5.58. The molecular formula is C22H26N4O. The van der Waals surface area contributed by atoms with Crippen molar-refractivity contribution < 1.29 is 4.74 Å². The second-order valence-corrected chi connectivity index (χ2v) is 6.88. The largest absolute Gasteiger partial charge is 0.491 e. The lowest BCUT2D eigenvalue weighted by Gasteiger charge is -2.12. The number of rotatable bonds is 7. The molecule has 2 aromatic carbocycles. The molecule has 1 heterocycles. The summed E-state index contributed by atoms with van der Waals surface area (Å²) < 4.78 is 5.68. The third-order valence-electron chi connectivity index (χ3n) is 3.89. The molecule has 3 aromatic rings. The third-order valence-corrected chi connectivity index (χ3v) is 3.89. The van der Waals surface area contributed by atoms with Gasteiger partial charge in [0, 0.05) is 24.0 Å². The van der Waals surface area contributed by atoms with Crippen LogP contribution in [0.5, 0.6) is 5.75 Å². The molecule has 0 aliphatic carbocycles. The van der Waals surface area contributed by atoms with Crippen LogP contribution >= 0.6 is 0 Å². The molecule has 0 bridgehead atoms. The van der Waals surface area contributed by atoms with Crippen molar-refractivity contribution in [3.63, 3.8) is 0 Å². The summed E-state index contributed by atoms with van der Waals surface area (Å²) in [4.78, 5) is 9.05. The van der Waals surface area contributed by atoms with Crippen LogP contribution in [0, 0.1) is 13.8 Å². The molecule has 27 heavy (non-hydrogen) atoms. The van der Waals surface area contributed by atoms with Gasteiger partial charge >= 0.3 is 0 Å². The molecule has 5 nitrogen and oxygen atoms in total. The van der Waals surface area contributed by atoms with E-state index in [2.05, 4.69) is 51.8 Å². The zero-order valence-electron chi connectivity index (χ0n) is 16.3. The number of aromatic nitrogens is 2. The number of ether oxygens (including phenoxy) is 1. The Bertz CT molecular complexity index is 891. The molecule has 0 aliphatic rings. The van der Waals surface area contributed by atoms with E-state index in [-0.39, 0.29) is 6.10 Å². The highest BCUT2D eigenvalue weighted by Gasteiger charge is 2.04. The number of benzene rings is 2. The first-order valence-corrected chi connectivity index (χ1v) is 9.17. The molecule has 0 unspecified atom stereocenters. The fourth-order valence-corrected chi connectivity index (χ4v) is 2.75. The van der Waals surface area contributed by atoms with Gasteiger partial charge in [-0.2, -0.15) is 4.98 Å². The average Bonchev–Trinajstić information content (AvgIpc) is 2.61. The zero-order chi connectivity index (χ0) is 19.2. The second-order valence-electron chi connectivity index (χ2n) is 6.88. The summed E-state index contributed by atoms with van der Waals surface area (Å²) >= 11 is 0. The molecule has 0 atom stereocenters. The van der Waals surface area contributed by atoms with Crippen molar-refractivity contribution in [2.24, 2.45) is 0 Å². The molecule has 0 aliphatic heterocycles. The molecule has 1 aromatic heterocycles. The predicted molar refractivity (Wildman–Crippen MR) is 111 cm³/mol. The Hall–Kier alpha value is -3.08. The highest BCUT2D eigenvalue weighted by atomic mass is 16.5. The molecule has 140 valence electrons. The van der Waals surface area contributed by atoms with Crippen LogP contribution in [0.2, 0.25) is 0 Å². The van der Waals surface area contributed by atoms with Crippen LogP contribution in [0.25, 0.3) is 0 Å². The van der Waals surface area contributed by atoms with Crippen molar-refractivity contribution in [3.05, 3.63) is 71.4 Å². The Morgan fingerprint density at radius 2 is 1.74 bits per heavy atom. The van der Waals surface area contributed by atoms with E-state index < -0.39 is 0 Å². The summed E-state index contributed by atoms with van der Waals surface area (Å²) in [5, 5.41) is 6.63. The maximum atomic E-state index is 5.68. The van der Waals surface area contributed by atoms with Crippen molar-refractivity contribution in [2.45, 2.75) is 40.3 Å². The smallest absolute Gasteiger partial charge is 0.225 e. The van der Waals surface area contributed by atoms with Crippen molar-refractivity contribution >= 4 is 17.5 Å². The molecule has 5 heteroatoms. The Morgan fingerprint density at radius 1 is 0.963 bits per heavy atom. The number of hydrogen-bond acceptors (Lipinski definition) is 5. The molecule has 0 fully saturated rings. The van der Waals surface area contributed by atoms with Gasteiger partial charge in [-0.1, -0.05) is 29.8 Å². The van der Waals surface area contributed by atoms with E-state index in [4.69, 9.17) is 4.74 Å². The van der Waals surface area contributed by atoms with Crippen LogP contribution in [0.1, 0.15) is 30.7 Å². The van der Waals surface area contributed by atoms with E-state index >= 15 is 0 Å². The van der Waals surface area contributed by atoms with Gasteiger partial charge in [-0.25, -0.2) is 4.98 Å². The van der Waals surface area contributed by atoms with Gasteiger partial charge in [0.2, 0.25) is 5.95 Å². The van der Waals surface area contributed by atoms with Gasteiger partial charge in [-0.3, -0.25) is 0 Å². The van der Waals surface area contributed by atoms with E-state index in [0.717, 1.165) is 22.9 Å². The minimum absolute atomic E-state index is 0.162. The van der Waals surface area contributed by atoms with Gasteiger partial charge in [0.05, 0.1) is 6.10 Å². The first kappa shape index (κ1) is 18.7. The van der Waals surface area contributed by atoms with E-state index in [9.17, 15) is 0 Å². The minimum atomic E-state index is 0.162. The normalized spacial score (nSPS) is 10.7. The molecule has 3 rings (SSSR count). The molecule has 0 saturated carbocycles. The minimum Gasteiger partial charge on any atom is -0.491 e. The number of nitrogens with one attached hydrogen (secondary N) is 2. The average molecular weight is 362 g/mol. The topological polar surface area (TPSA) is 59.1 Å². The summed E-state index contributed by atoms with van der Waals surface area (Å²) in [6.07, 6.45) is 0.162. The van der Waals surface area contributed by atoms with Gasteiger partial charge in [0.25, 0.3) is 0 Å². The Labute approximate surface area is 160 Å². The van der Waals surface area contributed by atoms with Crippen molar-refractivity contribution in [2.75, 3.05) is 10.6 Å².